The molecule has 1 aliphatic carbocycles. The molecule has 6 heteroatoms. The predicted octanol–water partition coefficient (Wildman–Crippen LogP) is 14.6. The van der Waals surface area contributed by atoms with Crippen molar-refractivity contribution in [1.29, 1.82) is 0 Å². The molecule has 1 aliphatic rings. The van der Waals surface area contributed by atoms with Gasteiger partial charge >= 0.3 is 307 Å². The molecule has 0 N–H and O–H groups in total. The van der Waals surface area contributed by atoms with Crippen LogP contribution in [-0.2, 0) is 30.2 Å². The molecule has 11 rings (SSSR count). The van der Waals surface area contributed by atoms with Gasteiger partial charge in [-0.05, 0) is 40.4 Å². The second-order valence-electron chi connectivity index (χ2n) is 18.0. The SMILES string of the molecule is [2H]c1c([2H])c([2H])c(-c2cccc(-c3c([2H])c([2H])c([2H])c([2H])c3[2H])c2-n2[c](=[Pt])n(-c3[c-]c(Oc4[c-]c5c(cc4)c4c6c(ccc4n5-c4cc(C)ccn4)C(C)(C)C(C)(C)C6(C)C)ccc3)c3ccccc32)c([2H])c1[2H]. The molecule has 0 spiro atoms. The Labute approximate surface area is 399 Å². The summed E-state index contributed by atoms with van der Waals surface area (Å²) in [5.74, 6) is 1.61. The Morgan fingerprint density at radius 2 is 1.27 bits per heavy atom. The number of aromatic nitrogens is 4. The topological polar surface area (TPSA) is 36.9 Å². The summed E-state index contributed by atoms with van der Waals surface area (Å²) in [6.45, 7) is 16.2. The number of rotatable bonds is 7. The Morgan fingerprint density at radius 1 is 0.625 bits per heavy atom. The number of imidazole rings is 1. The molecule has 3 heterocycles. The van der Waals surface area contributed by atoms with E-state index in [-0.39, 0.29) is 44.2 Å². The van der Waals surface area contributed by atoms with Crippen molar-refractivity contribution in [1.82, 2.24) is 18.7 Å². The first-order valence-electron chi connectivity index (χ1n) is 26.1. The van der Waals surface area contributed by atoms with E-state index in [1.807, 2.05) is 69.9 Å². The van der Waals surface area contributed by atoms with E-state index in [2.05, 4.69) is 109 Å². The van der Waals surface area contributed by atoms with Gasteiger partial charge in [-0.1, -0.05) is 47.6 Å². The zero-order chi connectivity index (χ0) is 52.8. The normalized spacial score (nSPS) is 17.1. The van der Waals surface area contributed by atoms with Gasteiger partial charge in [0.25, 0.3) is 0 Å². The fourth-order valence-electron chi connectivity index (χ4n) is 9.81. The van der Waals surface area contributed by atoms with Gasteiger partial charge in [-0.25, -0.2) is 0 Å². The van der Waals surface area contributed by atoms with Gasteiger partial charge < -0.3 is 0 Å². The van der Waals surface area contributed by atoms with Crippen LogP contribution in [0.15, 0.2) is 164 Å². The van der Waals surface area contributed by atoms with Crippen LogP contribution in [0.1, 0.15) is 71.9 Å². The summed E-state index contributed by atoms with van der Waals surface area (Å²) in [6.07, 6.45) is 1.83. The van der Waals surface area contributed by atoms with Gasteiger partial charge in [0.2, 0.25) is 0 Å². The average molecular weight is 1020 g/mol. The van der Waals surface area contributed by atoms with Gasteiger partial charge in [-0.2, -0.15) is 0 Å². The monoisotopic (exact) mass is 1020 g/mol. The van der Waals surface area contributed by atoms with Crippen molar-refractivity contribution in [3.05, 3.63) is 196 Å². The zero-order valence-corrected chi connectivity index (χ0v) is 38.6. The van der Waals surface area contributed by atoms with Crippen LogP contribution in [0.2, 0.25) is 0 Å². The molecule has 3 aromatic heterocycles. The molecule has 0 atom stereocenters. The van der Waals surface area contributed by atoms with Crippen molar-refractivity contribution in [2.75, 3.05) is 0 Å². The fourth-order valence-corrected chi connectivity index (χ4v) is 10.9. The molecular formula is C58H48N4OPt-2. The van der Waals surface area contributed by atoms with Crippen LogP contribution in [0.4, 0.5) is 0 Å². The minimum absolute atomic E-state index is 0.0667. The number of aryl methyl sites for hydroxylation is 1. The summed E-state index contributed by atoms with van der Waals surface area (Å²) >= 11 is 2.16. The molecule has 0 bridgehead atoms. The summed E-state index contributed by atoms with van der Waals surface area (Å²) < 4.78 is 101. The average Bonchev–Trinajstić information content (AvgIpc) is 3.91. The molecule has 10 aromatic rings. The zero-order valence-electron chi connectivity index (χ0n) is 46.3. The van der Waals surface area contributed by atoms with Gasteiger partial charge in [0.15, 0.2) is 0 Å². The van der Waals surface area contributed by atoms with E-state index >= 15 is 0 Å². The van der Waals surface area contributed by atoms with Crippen molar-refractivity contribution in [2.45, 2.75) is 59.3 Å². The first-order chi connectivity index (χ1) is 35.0. The van der Waals surface area contributed by atoms with Crippen molar-refractivity contribution in [3.8, 4) is 50.9 Å². The van der Waals surface area contributed by atoms with E-state index in [4.69, 9.17) is 23.4 Å². The van der Waals surface area contributed by atoms with Gasteiger partial charge in [0.05, 0.1) is 0 Å². The minimum atomic E-state index is -0.563. The standard InChI is InChI=1S/C58H48N4O.Pt/c1-38-32-33-59-52(34-38)62-50-31-30-47-54(57(4,5)58(6,7)56(47,2)3)53(50)46-29-28-43(36-51(46)62)63-42-23-16-22-41(35-42)60-37-61(49-27-15-14-26-48(49)60)55-44(39-18-10-8-11-19-39)24-17-25-45(55)40-20-12-9-13-21-40;/h8-34H,1-7H3;/q-2;/i8D,9D,10D,11D,12D,13D,18D,19D,20D,21D;. The van der Waals surface area contributed by atoms with Crippen molar-refractivity contribution in [2.24, 2.45) is 5.41 Å². The number of para-hydroxylation sites is 3. The molecule has 0 fully saturated rings. The number of nitrogens with zero attached hydrogens (tertiary/aromatic N) is 4. The number of fused-ring (bicyclic) bond motifs is 6. The number of benzene rings is 7. The molecule has 318 valence electrons. The Bertz CT molecular complexity index is 4010. The molecule has 0 saturated carbocycles. The molecular weight excluding hydrogens is 964 g/mol. The van der Waals surface area contributed by atoms with Crippen molar-refractivity contribution in [3.63, 3.8) is 0 Å². The van der Waals surface area contributed by atoms with Gasteiger partial charge in [0, 0.05) is 6.20 Å². The van der Waals surface area contributed by atoms with Crippen LogP contribution in [-0.4, -0.2) is 18.7 Å². The molecule has 64 heavy (non-hydrogen) atoms. The van der Waals surface area contributed by atoms with Crippen LogP contribution in [0.3, 0.4) is 0 Å². The Kier molecular flexibility index (Phi) is 7.04. The third-order valence-electron chi connectivity index (χ3n) is 14.1. The Hall–Kier alpha value is -6.55. The molecule has 0 aliphatic heterocycles. The summed E-state index contributed by atoms with van der Waals surface area (Å²) in [7, 11) is 0. The number of hydrogen-bond acceptors (Lipinski definition) is 2. The molecule has 5 nitrogen and oxygen atoms in total. The fraction of sp³-hybridized carbons (Fsp3) is 0.172. The number of ether oxygens (including phenoxy) is 1. The second-order valence-corrected chi connectivity index (χ2v) is 19.0. The van der Waals surface area contributed by atoms with Crippen LogP contribution in [0.5, 0.6) is 11.5 Å². The first kappa shape index (κ1) is 30.5. The quantitative estimate of drug-likeness (QED) is 0.149. The second kappa shape index (κ2) is 14.8. The molecule has 7 aromatic carbocycles. The third kappa shape index (κ3) is 5.93. The summed E-state index contributed by atoms with van der Waals surface area (Å²) in [5.41, 5.74) is 7.44. The number of pyridine rings is 1. The Morgan fingerprint density at radius 3 is 1.94 bits per heavy atom. The maximum absolute atomic E-state index is 9.10. The van der Waals surface area contributed by atoms with E-state index in [0.29, 0.717) is 32.0 Å². The van der Waals surface area contributed by atoms with E-state index in [1.165, 1.54) is 16.5 Å². The van der Waals surface area contributed by atoms with Crippen molar-refractivity contribution >= 4 is 32.8 Å². The van der Waals surface area contributed by atoms with E-state index in [9.17, 15) is 0 Å². The Balaban J connectivity index is 1.11. The van der Waals surface area contributed by atoms with Crippen LogP contribution >= 0.6 is 0 Å². The summed E-state index contributed by atoms with van der Waals surface area (Å²) in [6, 6.07) is 32.5. The van der Waals surface area contributed by atoms with E-state index in [1.54, 1.807) is 18.2 Å². The molecule has 0 radical (unpaired) electrons. The summed E-state index contributed by atoms with van der Waals surface area (Å²) in [4.78, 5) is 4.87. The van der Waals surface area contributed by atoms with E-state index < -0.39 is 60.4 Å². The first-order valence-corrected chi connectivity index (χ1v) is 22.3. The summed E-state index contributed by atoms with van der Waals surface area (Å²) in [5, 5.41) is 2.21. The van der Waals surface area contributed by atoms with Crippen LogP contribution in [0.25, 0.3) is 72.3 Å². The van der Waals surface area contributed by atoms with Crippen LogP contribution in [0, 0.1) is 28.3 Å². The van der Waals surface area contributed by atoms with Gasteiger partial charge in [-0.3, -0.25) is 0 Å². The van der Waals surface area contributed by atoms with Crippen LogP contribution < -0.4 is 4.74 Å². The molecule has 0 saturated heterocycles. The molecule has 0 unspecified atom stereocenters. The van der Waals surface area contributed by atoms with Gasteiger partial charge in [0.1, 0.15) is 0 Å². The third-order valence-corrected chi connectivity index (χ3v) is 15.1. The molecule has 0 amide bonds. The van der Waals surface area contributed by atoms with E-state index in [0.717, 1.165) is 27.8 Å². The van der Waals surface area contributed by atoms with Gasteiger partial charge in [-0.15, -0.1) is 0 Å². The predicted molar refractivity (Wildman–Crippen MR) is 258 cm³/mol. The maximum atomic E-state index is 9.10. The van der Waals surface area contributed by atoms with Crippen molar-refractivity contribution < 1.29 is 37.8 Å². The number of hydrogen-bond donors (Lipinski definition) is 0.